The zero-order valence-electron chi connectivity index (χ0n) is 20.7. The summed E-state index contributed by atoms with van der Waals surface area (Å²) in [5.74, 6) is -0.722. The van der Waals surface area contributed by atoms with Crippen molar-refractivity contribution in [3.63, 3.8) is 0 Å². The Morgan fingerprint density at radius 1 is 1.03 bits per heavy atom. The van der Waals surface area contributed by atoms with Gasteiger partial charge in [0.25, 0.3) is 0 Å². The minimum atomic E-state index is -2.08. The molecule has 0 aromatic heterocycles. The molecule has 3 nitrogen and oxygen atoms in total. The highest BCUT2D eigenvalue weighted by Gasteiger charge is 2.37. The monoisotopic (exact) mass is 518 g/mol. The van der Waals surface area contributed by atoms with Crippen LogP contribution in [0.15, 0.2) is 18.2 Å². The Bertz CT molecular complexity index is 989. The highest BCUT2D eigenvalue weighted by Crippen LogP contribution is 2.39. The minimum Gasteiger partial charge on any atom is -0.467 e. The van der Waals surface area contributed by atoms with E-state index in [1.807, 2.05) is 13.8 Å². The van der Waals surface area contributed by atoms with Gasteiger partial charge in [0, 0.05) is 29.7 Å². The summed E-state index contributed by atoms with van der Waals surface area (Å²) in [5, 5.41) is 0.156. The highest BCUT2D eigenvalue weighted by molar-refractivity contribution is 6.74. The quantitative estimate of drug-likeness (QED) is 0.189. The molecule has 0 N–H and O–H groups in total. The van der Waals surface area contributed by atoms with Gasteiger partial charge in [-0.25, -0.2) is 8.78 Å². The average Bonchev–Trinajstić information content (AvgIpc) is 2.71. The summed E-state index contributed by atoms with van der Waals surface area (Å²) in [4.78, 5) is 0. The second-order valence-electron chi connectivity index (χ2n) is 10.0. The molecule has 0 atom stereocenters. The van der Waals surface area contributed by atoms with E-state index < -0.39 is 20.0 Å². The van der Waals surface area contributed by atoms with Crippen molar-refractivity contribution >= 4 is 31.5 Å². The molecular formula is C25H34Cl2F2O3Si. The fourth-order valence-electron chi connectivity index (χ4n) is 3.16. The highest BCUT2D eigenvalue weighted by atomic mass is 35.5. The third-order valence-electron chi connectivity index (χ3n) is 6.22. The van der Waals surface area contributed by atoms with E-state index >= 15 is 8.78 Å². The number of hydrogen-bond acceptors (Lipinski definition) is 3. The number of rotatable bonds is 9. The van der Waals surface area contributed by atoms with Gasteiger partial charge < -0.3 is 13.9 Å². The molecule has 0 bridgehead atoms. The molecule has 0 saturated carbocycles. The van der Waals surface area contributed by atoms with Crippen molar-refractivity contribution in [3.8, 4) is 5.75 Å². The average molecular weight is 520 g/mol. The first-order chi connectivity index (χ1) is 15.2. The molecule has 0 unspecified atom stereocenters. The van der Waals surface area contributed by atoms with Crippen molar-refractivity contribution in [1.82, 2.24) is 0 Å². The van der Waals surface area contributed by atoms with E-state index in [1.165, 1.54) is 13.2 Å². The van der Waals surface area contributed by atoms with Crippen molar-refractivity contribution in [3.05, 3.63) is 62.1 Å². The Balaban J connectivity index is 2.38. The van der Waals surface area contributed by atoms with Crippen LogP contribution in [0.1, 0.15) is 62.8 Å². The van der Waals surface area contributed by atoms with E-state index in [4.69, 9.17) is 37.1 Å². The molecule has 8 heteroatoms. The number of methoxy groups -OCH3 is 1. The Hall–Kier alpha value is -1.18. The van der Waals surface area contributed by atoms with E-state index in [0.29, 0.717) is 28.0 Å². The van der Waals surface area contributed by atoms with E-state index in [1.54, 1.807) is 12.1 Å². The molecular weight excluding hydrogens is 485 g/mol. The molecule has 0 saturated heterocycles. The topological polar surface area (TPSA) is 27.7 Å². The van der Waals surface area contributed by atoms with Gasteiger partial charge in [-0.1, -0.05) is 63.9 Å². The fourth-order valence-corrected chi connectivity index (χ4v) is 4.74. The minimum absolute atomic E-state index is 0.0121. The van der Waals surface area contributed by atoms with Gasteiger partial charge in [-0.2, -0.15) is 0 Å². The van der Waals surface area contributed by atoms with Crippen LogP contribution >= 0.6 is 23.2 Å². The fraction of sp³-hybridized carbons (Fsp3) is 0.520. The third kappa shape index (κ3) is 6.49. The molecule has 0 aliphatic rings. The molecule has 2 aromatic carbocycles. The molecule has 0 fully saturated rings. The molecule has 33 heavy (non-hydrogen) atoms. The Kier molecular flexibility index (Phi) is 9.39. The van der Waals surface area contributed by atoms with Gasteiger partial charge in [0.2, 0.25) is 0 Å². The van der Waals surface area contributed by atoms with Crippen LogP contribution in [0.3, 0.4) is 0 Å². The smallest absolute Gasteiger partial charge is 0.192 e. The van der Waals surface area contributed by atoms with Gasteiger partial charge in [0.15, 0.2) is 15.1 Å². The van der Waals surface area contributed by atoms with Crippen LogP contribution in [-0.2, 0) is 22.2 Å². The Morgan fingerprint density at radius 2 is 1.67 bits per heavy atom. The van der Waals surface area contributed by atoms with Gasteiger partial charge in [0.1, 0.15) is 17.4 Å². The van der Waals surface area contributed by atoms with Crippen molar-refractivity contribution in [2.45, 2.75) is 71.7 Å². The van der Waals surface area contributed by atoms with E-state index in [2.05, 4.69) is 33.9 Å². The summed E-state index contributed by atoms with van der Waals surface area (Å²) in [6.45, 7) is 14.4. The summed E-state index contributed by atoms with van der Waals surface area (Å²) in [6.07, 6.45) is 0.0497. The van der Waals surface area contributed by atoms with Crippen molar-refractivity contribution in [2.24, 2.45) is 0 Å². The Morgan fingerprint density at radius 3 is 2.21 bits per heavy atom. The normalized spacial score (nSPS) is 12.5. The van der Waals surface area contributed by atoms with Crippen molar-refractivity contribution < 1.29 is 22.7 Å². The predicted molar refractivity (Wildman–Crippen MR) is 134 cm³/mol. The van der Waals surface area contributed by atoms with Crippen LogP contribution in [0, 0.1) is 11.6 Å². The lowest BCUT2D eigenvalue weighted by Crippen LogP contribution is -2.40. The molecule has 2 rings (SSSR count). The summed E-state index contributed by atoms with van der Waals surface area (Å²) >= 11 is 12.9. The SMILES string of the molecule is COCOc1ccc(Cc2c(Cl)cc(CO[Si](C)(C)C(C)(C)C)c(F)c2Cl)c(F)c1C(C)C. The summed E-state index contributed by atoms with van der Waals surface area (Å²) in [5.41, 5.74) is 1.42. The van der Waals surface area contributed by atoms with Crippen LogP contribution in [0.2, 0.25) is 28.2 Å². The second kappa shape index (κ2) is 11.0. The van der Waals surface area contributed by atoms with Crippen LogP contribution in [0.4, 0.5) is 8.78 Å². The lowest BCUT2D eigenvalue weighted by atomic mass is 9.95. The largest absolute Gasteiger partial charge is 0.467 e. The van der Waals surface area contributed by atoms with Gasteiger partial charge in [-0.3, -0.25) is 0 Å². The molecule has 0 aliphatic heterocycles. The van der Waals surface area contributed by atoms with E-state index in [9.17, 15) is 0 Å². The first-order valence-electron chi connectivity index (χ1n) is 10.9. The standard InChI is InChI=1S/C25H34Cl2F2O3Si/c1-15(2)21-20(31-14-30-6)10-9-16(23(21)28)11-18-19(26)12-17(24(29)22(18)27)13-32-33(7,8)25(3,4)5/h9-10,12,15H,11,13-14H2,1-8H3. The van der Waals surface area contributed by atoms with Crippen molar-refractivity contribution in [2.75, 3.05) is 13.9 Å². The lowest BCUT2D eigenvalue weighted by molar-refractivity contribution is 0.0499. The summed E-state index contributed by atoms with van der Waals surface area (Å²) in [7, 11) is -0.584. The molecule has 2 aromatic rings. The summed E-state index contributed by atoms with van der Waals surface area (Å²) < 4.78 is 47.1. The number of benzene rings is 2. The van der Waals surface area contributed by atoms with E-state index in [0.717, 1.165) is 0 Å². The second-order valence-corrected chi connectivity index (χ2v) is 15.6. The first-order valence-corrected chi connectivity index (χ1v) is 14.6. The maximum atomic E-state index is 15.4. The number of hydrogen-bond donors (Lipinski definition) is 0. The third-order valence-corrected chi connectivity index (χ3v) is 11.4. The maximum Gasteiger partial charge on any atom is 0.192 e. The predicted octanol–water partition coefficient (Wildman–Crippen LogP) is 8.49. The first kappa shape index (κ1) is 28.1. The molecule has 0 amide bonds. The number of halogens is 4. The molecule has 0 heterocycles. The molecule has 0 radical (unpaired) electrons. The lowest BCUT2D eigenvalue weighted by Gasteiger charge is -2.36. The van der Waals surface area contributed by atoms with Crippen LogP contribution in [0.5, 0.6) is 5.75 Å². The summed E-state index contributed by atoms with van der Waals surface area (Å²) in [6, 6.07) is 4.82. The van der Waals surface area contributed by atoms with Crippen molar-refractivity contribution in [1.29, 1.82) is 0 Å². The van der Waals surface area contributed by atoms with Gasteiger partial charge in [-0.15, -0.1) is 0 Å². The zero-order chi connectivity index (χ0) is 25.1. The Labute approximate surface area is 207 Å². The van der Waals surface area contributed by atoms with Gasteiger partial charge >= 0.3 is 0 Å². The molecule has 0 spiro atoms. The van der Waals surface area contributed by atoms with E-state index in [-0.39, 0.29) is 40.8 Å². The molecule has 184 valence electrons. The van der Waals surface area contributed by atoms with Gasteiger partial charge in [0.05, 0.1) is 11.6 Å². The van der Waals surface area contributed by atoms with Crippen LogP contribution in [0.25, 0.3) is 0 Å². The van der Waals surface area contributed by atoms with Gasteiger partial charge in [-0.05, 0) is 47.3 Å². The molecule has 0 aliphatic carbocycles. The zero-order valence-corrected chi connectivity index (χ0v) is 23.2. The number of ether oxygens (including phenoxy) is 2. The van der Waals surface area contributed by atoms with Crippen LogP contribution in [-0.4, -0.2) is 22.2 Å². The maximum absolute atomic E-state index is 15.4. The van der Waals surface area contributed by atoms with Crippen LogP contribution < -0.4 is 4.74 Å².